The van der Waals surface area contributed by atoms with Crippen molar-refractivity contribution < 1.29 is 19.1 Å². The van der Waals surface area contributed by atoms with Gasteiger partial charge in [-0.15, -0.1) is 0 Å². The van der Waals surface area contributed by atoms with Gasteiger partial charge in [0, 0.05) is 12.8 Å². The number of hydrogen-bond acceptors (Lipinski definition) is 4. The highest BCUT2D eigenvalue weighted by atomic mass is 16.5. The number of carbonyl (C=O) groups is 2. The van der Waals surface area contributed by atoms with E-state index in [9.17, 15) is 9.59 Å². The first-order valence-corrected chi connectivity index (χ1v) is 9.04. The fraction of sp³-hybridized carbons (Fsp3) is 0.600. The predicted octanol–water partition coefficient (Wildman–Crippen LogP) is 4.93. The Morgan fingerprint density at radius 2 is 1.25 bits per heavy atom. The predicted molar refractivity (Wildman–Crippen MR) is 94.3 cm³/mol. The Labute approximate surface area is 145 Å². The minimum Gasteiger partial charge on any atom is -0.461 e. The summed E-state index contributed by atoms with van der Waals surface area (Å²) in [5.41, 5.74) is 1.83. The Bertz CT molecular complexity index is 455. The second kappa shape index (κ2) is 12.6. The van der Waals surface area contributed by atoms with Crippen LogP contribution in [0.15, 0.2) is 24.3 Å². The number of carbonyl (C=O) groups excluding carboxylic acids is 2. The van der Waals surface area contributed by atoms with E-state index < -0.39 is 0 Å². The van der Waals surface area contributed by atoms with Gasteiger partial charge in [-0.1, -0.05) is 57.7 Å². The number of benzene rings is 1. The highest BCUT2D eigenvalue weighted by Crippen LogP contribution is 2.10. The van der Waals surface area contributed by atoms with E-state index in [0.717, 1.165) is 49.7 Å². The van der Waals surface area contributed by atoms with Gasteiger partial charge in [-0.25, -0.2) is 0 Å². The molecule has 0 unspecified atom stereocenters. The van der Waals surface area contributed by atoms with Gasteiger partial charge in [0.2, 0.25) is 0 Å². The van der Waals surface area contributed by atoms with Crippen molar-refractivity contribution in [2.45, 2.75) is 78.4 Å². The molecule has 0 fully saturated rings. The van der Waals surface area contributed by atoms with Crippen LogP contribution < -0.4 is 0 Å². The molecule has 0 radical (unpaired) electrons. The molecule has 134 valence electrons. The third kappa shape index (κ3) is 9.33. The van der Waals surface area contributed by atoms with Crippen LogP contribution in [0, 0.1) is 0 Å². The molecular formula is C20H30O4. The van der Waals surface area contributed by atoms with E-state index >= 15 is 0 Å². The van der Waals surface area contributed by atoms with Gasteiger partial charge < -0.3 is 9.47 Å². The number of esters is 2. The molecule has 1 aromatic rings. The van der Waals surface area contributed by atoms with Crippen molar-refractivity contribution in [2.75, 3.05) is 0 Å². The highest BCUT2D eigenvalue weighted by Gasteiger charge is 2.06. The number of unbranched alkanes of at least 4 members (excludes halogenated alkanes) is 4. The molecular weight excluding hydrogens is 304 g/mol. The molecule has 1 rings (SSSR count). The van der Waals surface area contributed by atoms with Gasteiger partial charge in [-0.3, -0.25) is 9.59 Å². The fourth-order valence-electron chi connectivity index (χ4n) is 2.32. The van der Waals surface area contributed by atoms with E-state index in [1.165, 1.54) is 0 Å². The van der Waals surface area contributed by atoms with Crippen LogP contribution in [0.2, 0.25) is 0 Å². The molecule has 4 nitrogen and oxygen atoms in total. The van der Waals surface area contributed by atoms with Crippen LogP contribution in [-0.4, -0.2) is 11.9 Å². The van der Waals surface area contributed by atoms with Crippen molar-refractivity contribution in [1.29, 1.82) is 0 Å². The van der Waals surface area contributed by atoms with Crippen LogP contribution in [0.5, 0.6) is 0 Å². The van der Waals surface area contributed by atoms with Gasteiger partial charge in [0.25, 0.3) is 0 Å². The summed E-state index contributed by atoms with van der Waals surface area (Å²) >= 11 is 0. The zero-order chi connectivity index (χ0) is 17.6. The molecule has 0 atom stereocenters. The second-order valence-electron chi connectivity index (χ2n) is 6.06. The molecule has 0 heterocycles. The molecule has 0 aliphatic carbocycles. The lowest BCUT2D eigenvalue weighted by Gasteiger charge is -2.08. The van der Waals surface area contributed by atoms with Gasteiger partial charge >= 0.3 is 11.9 Å². The summed E-state index contributed by atoms with van der Waals surface area (Å²) in [6, 6.07) is 7.62. The molecule has 0 aromatic heterocycles. The van der Waals surface area contributed by atoms with Crippen molar-refractivity contribution in [3.8, 4) is 0 Å². The van der Waals surface area contributed by atoms with Gasteiger partial charge in [-0.2, -0.15) is 0 Å². The Morgan fingerprint density at radius 3 is 1.67 bits per heavy atom. The van der Waals surface area contributed by atoms with E-state index in [0.29, 0.717) is 12.8 Å². The number of rotatable bonds is 12. The van der Waals surface area contributed by atoms with Gasteiger partial charge in [0.15, 0.2) is 0 Å². The van der Waals surface area contributed by atoms with Crippen LogP contribution in [-0.2, 0) is 32.3 Å². The monoisotopic (exact) mass is 334 g/mol. The third-order valence-corrected chi connectivity index (χ3v) is 3.76. The lowest BCUT2D eigenvalue weighted by atomic mass is 10.1. The third-order valence-electron chi connectivity index (χ3n) is 3.76. The van der Waals surface area contributed by atoms with Crippen molar-refractivity contribution >= 4 is 11.9 Å². The molecule has 4 heteroatoms. The SMILES string of the molecule is CCCCCC(=O)OCc1cccc(COC(=O)CCCCC)c1. The molecule has 0 aliphatic heterocycles. The molecule has 0 saturated heterocycles. The molecule has 0 saturated carbocycles. The fourth-order valence-corrected chi connectivity index (χ4v) is 2.32. The van der Waals surface area contributed by atoms with Gasteiger partial charge in [0.05, 0.1) is 0 Å². The van der Waals surface area contributed by atoms with Crippen LogP contribution in [0.1, 0.15) is 76.3 Å². The summed E-state index contributed by atoms with van der Waals surface area (Å²) in [7, 11) is 0. The Balaban J connectivity index is 2.32. The average molecular weight is 334 g/mol. The van der Waals surface area contributed by atoms with Crippen molar-refractivity contribution in [2.24, 2.45) is 0 Å². The number of ether oxygens (including phenoxy) is 2. The summed E-state index contributed by atoms with van der Waals surface area (Å²) in [4.78, 5) is 23.2. The maximum Gasteiger partial charge on any atom is 0.306 e. The topological polar surface area (TPSA) is 52.6 Å². The standard InChI is InChI=1S/C20H30O4/c1-3-5-7-12-19(21)23-15-17-10-9-11-18(14-17)16-24-20(22)13-8-6-4-2/h9-11,14H,3-8,12-13,15-16H2,1-2H3. The molecule has 0 spiro atoms. The summed E-state index contributed by atoms with van der Waals surface area (Å²) < 4.78 is 10.5. The molecule has 1 aromatic carbocycles. The molecule has 0 bridgehead atoms. The summed E-state index contributed by atoms with van der Waals surface area (Å²) in [6.07, 6.45) is 6.99. The second-order valence-corrected chi connectivity index (χ2v) is 6.06. The first-order chi connectivity index (χ1) is 11.7. The first-order valence-electron chi connectivity index (χ1n) is 9.04. The quantitative estimate of drug-likeness (QED) is 0.401. The van der Waals surface area contributed by atoms with Crippen LogP contribution >= 0.6 is 0 Å². The van der Waals surface area contributed by atoms with Crippen LogP contribution in [0.3, 0.4) is 0 Å². The van der Waals surface area contributed by atoms with E-state index in [1.807, 2.05) is 24.3 Å². The normalized spacial score (nSPS) is 10.4. The van der Waals surface area contributed by atoms with Crippen molar-refractivity contribution in [1.82, 2.24) is 0 Å². The molecule has 0 aliphatic rings. The maximum atomic E-state index is 11.6. The number of hydrogen-bond donors (Lipinski definition) is 0. The summed E-state index contributed by atoms with van der Waals surface area (Å²) in [5, 5.41) is 0. The lowest BCUT2D eigenvalue weighted by molar-refractivity contribution is -0.145. The lowest BCUT2D eigenvalue weighted by Crippen LogP contribution is -2.06. The van der Waals surface area contributed by atoms with E-state index in [1.54, 1.807) is 0 Å². The van der Waals surface area contributed by atoms with Gasteiger partial charge in [-0.05, 0) is 30.0 Å². The Hall–Kier alpha value is -1.84. The average Bonchev–Trinajstić information content (AvgIpc) is 2.59. The highest BCUT2D eigenvalue weighted by molar-refractivity contribution is 5.69. The minimum absolute atomic E-state index is 0.156. The van der Waals surface area contributed by atoms with E-state index in [2.05, 4.69) is 13.8 Å². The maximum absolute atomic E-state index is 11.6. The summed E-state index contributed by atoms with van der Waals surface area (Å²) in [5.74, 6) is -0.313. The zero-order valence-electron chi connectivity index (χ0n) is 15.0. The van der Waals surface area contributed by atoms with E-state index in [4.69, 9.17) is 9.47 Å². The molecule has 24 heavy (non-hydrogen) atoms. The first kappa shape index (κ1) is 20.2. The molecule has 0 amide bonds. The zero-order valence-corrected chi connectivity index (χ0v) is 15.0. The van der Waals surface area contributed by atoms with Crippen molar-refractivity contribution in [3.05, 3.63) is 35.4 Å². The molecule has 0 N–H and O–H groups in total. The van der Waals surface area contributed by atoms with Gasteiger partial charge in [0.1, 0.15) is 13.2 Å². The van der Waals surface area contributed by atoms with E-state index in [-0.39, 0.29) is 25.2 Å². The summed E-state index contributed by atoms with van der Waals surface area (Å²) in [6.45, 7) is 4.74. The van der Waals surface area contributed by atoms with Crippen LogP contribution in [0.25, 0.3) is 0 Å². The Kier molecular flexibility index (Phi) is 10.6. The largest absolute Gasteiger partial charge is 0.461 e. The van der Waals surface area contributed by atoms with Crippen LogP contribution in [0.4, 0.5) is 0 Å². The minimum atomic E-state index is -0.156. The smallest absolute Gasteiger partial charge is 0.306 e. The van der Waals surface area contributed by atoms with Crippen molar-refractivity contribution in [3.63, 3.8) is 0 Å². The Morgan fingerprint density at radius 1 is 0.792 bits per heavy atom.